The van der Waals surface area contributed by atoms with E-state index >= 15 is 0 Å². The molecule has 2 atom stereocenters. The Balaban J connectivity index is 3.90. The number of hydrogen-bond acceptors (Lipinski definition) is 1. The Morgan fingerprint density at radius 1 is 1.36 bits per heavy atom. The molecule has 0 spiro atoms. The summed E-state index contributed by atoms with van der Waals surface area (Å²) in [7, 11) is 2.14. The molecular formula is C10H21N. The van der Waals surface area contributed by atoms with E-state index in [4.69, 9.17) is 0 Å². The zero-order chi connectivity index (χ0) is 8.85. The zero-order valence-electron chi connectivity index (χ0n) is 8.46. The van der Waals surface area contributed by atoms with Gasteiger partial charge in [0, 0.05) is 13.1 Å². The van der Waals surface area contributed by atoms with Gasteiger partial charge in [-0.25, -0.2) is 0 Å². The lowest BCUT2D eigenvalue weighted by atomic mass is 10.0. The predicted octanol–water partition coefficient (Wildman–Crippen LogP) is 2.89. The molecule has 0 radical (unpaired) electrons. The highest BCUT2D eigenvalue weighted by atomic mass is 15.1. The fourth-order valence-electron chi connectivity index (χ4n) is 1.11. The minimum absolute atomic E-state index is 0.649. The van der Waals surface area contributed by atoms with E-state index in [2.05, 4.69) is 51.9 Å². The molecule has 0 fully saturated rings. The highest BCUT2D eigenvalue weighted by Crippen LogP contribution is 2.12. The van der Waals surface area contributed by atoms with E-state index in [9.17, 15) is 0 Å². The fraction of sp³-hybridized carbons (Fsp3) is 0.800. The molecule has 0 amide bonds. The van der Waals surface area contributed by atoms with Crippen molar-refractivity contribution in [2.45, 2.75) is 40.2 Å². The summed E-state index contributed by atoms with van der Waals surface area (Å²) in [6.45, 7) is 8.86. The summed E-state index contributed by atoms with van der Waals surface area (Å²) in [6.07, 6.45) is 5.47. The Hall–Kier alpha value is -0.460. The summed E-state index contributed by atoms with van der Waals surface area (Å²) in [5.74, 6) is 0.774. The Morgan fingerprint density at radius 3 is 2.27 bits per heavy atom. The molecule has 0 aromatic heterocycles. The van der Waals surface area contributed by atoms with Crippen LogP contribution in [-0.4, -0.2) is 18.0 Å². The minimum Gasteiger partial charge on any atom is -0.378 e. The topological polar surface area (TPSA) is 3.24 Å². The lowest BCUT2D eigenvalue weighted by Crippen LogP contribution is -2.29. The van der Waals surface area contributed by atoms with Crippen molar-refractivity contribution in [2.75, 3.05) is 7.05 Å². The van der Waals surface area contributed by atoms with E-state index in [0.29, 0.717) is 6.04 Å². The molecule has 0 aliphatic carbocycles. The molecule has 0 aliphatic heterocycles. The summed E-state index contributed by atoms with van der Waals surface area (Å²) in [5.41, 5.74) is 0. The van der Waals surface area contributed by atoms with Crippen molar-refractivity contribution in [3.05, 3.63) is 12.3 Å². The smallest absolute Gasteiger partial charge is 0.0278 e. The second kappa shape index (κ2) is 5.22. The molecule has 0 saturated carbocycles. The van der Waals surface area contributed by atoms with Crippen molar-refractivity contribution in [3.63, 3.8) is 0 Å². The molecule has 2 unspecified atom stereocenters. The van der Waals surface area contributed by atoms with Gasteiger partial charge in [0.15, 0.2) is 0 Å². The van der Waals surface area contributed by atoms with Crippen LogP contribution in [0, 0.1) is 5.92 Å². The molecular weight excluding hydrogens is 134 g/mol. The Kier molecular flexibility index (Phi) is 5.01. The van der Waals surface area contributed by atoms with Crippen LogP contribution in [0.2, 0.25) is 0 Å². The summed E-state index contributed by atoms with van der Waals surface area (Å²) in [5, 5.41) is 0. The molecule has 0 saturated heterocycles. The fourth-order valence-corrected chi connectivity index (χ4v) is 1.11. The standard InChI is InChI=1S/C10H21N/c1-6-8-11(5)10(4)9(3)7-2/h6,8-10H,7H2,1-5H3/b8-6-. The van der Waals surface area contributed by atoms with Gasteiger partial charge in [0.25, 0.3) is 0 Å². The molecule has 0 aromatic rings. The van der Waals surface area contributed by atoms with Gasteiger partial charge in [-0.15, -0.1) is 0 Å². The Labute approximate surface area is 71.1 Å². The molecule has 0 bridgehead atoms. The second-order valence-electron chi connectivity index (χ2n) is 3.27. The minimum atomic E-state index is 0.649. The lowest BCUT2D eigenvalue weighted by Gasteiger charge is -2.27. The third-order valence-electron chi connectivity index (χ3n) is 2.49. The van der Waals surface area contributed by atoms with E-state index in [0.717, 1.165) is 5.92 Å². The van der Waals surface area contributed by atoms with Crippen molar-refractivity contribution in [2.24, 2.45) is 5.92 Å². The van der Waals surface area contributed by atoms with Crippen LogP contribution >= 0.6 is 0 Å². The van der Waals surface area contributed by atoms with Gasteiger partial charge in [-0.1, -0.05) is 26.3 Å². The molecule has 66 valence electrons. The van der Waals surface area contributed by atoms with Gasteiger partial charge in [-0.3, -0.25) is 0 Å². The first kappa shape index (κ1) is 10.5. The first-order valence-electron chi connectivity index (χ1n) is 4.48. The third-order valence-corrected chi connectivity index (χ3v) is 2.49. The van der Waals surface area contributed by atoms with Crippen LogP contribution in [0.1, 0.15) is 34.1 Å². The van der Waals surface area contributed by atoms with Crippen LogP contribution in [0.25, 0.3) is 0 Å². The van der Waals surface area contributed by atoms with E-state index in [1.54, 1.807) is 0 Å². The normalized spacial score (nSPS) is 16.8. The first-order chi connectivity index (χ1) is 5.13. The maximum absolute atomic E-state index is 2.30. The van der Waals surface area contributed by atoms with Gasteiger partial charge in [-0.05, 0) is 26.0 Å². The van der Waals surface area contributed by atoms with Gasteiger partial charge in [0.2, 0.25) is 0 Å². The summed E-state index contributed by atoms with van der Waals surface area (Å²) >= 11 is 0. The summed E-state index contributed by atoms with van der Waals surface area (Å²) < 4.78 is 0. The maximum Gasteiger partial charge on any atom is 0.0278 e. The molecule has 1 nitrogen and oxygen atoms in total. The zero-order valence-corrected chi connectivity index (χ0v) is 8.46. The van der Waals surface area contributed by atoms with Gasteiger partial charge < -0.3 is 4.90 Å². The highest BCUT2D eigenvalue weighted by molar-refractivity contribution is 4.81. The Morgan fingerprint density at radius 2 is 1.91 bits per heavy atom. The van der Waals surface area contributed by atoms with Gasteiger partial charge >= 0.3 is 0 Å². The van der Waals surface area contributed by atoms with E-state index < -0.39 is 0 Å². The molecule has 0 N–H and O–H groups in total. The monoisotopic (exact) mass is 155 g/mol. The number of nitrogens with zero attached hydrogens (tertiary/aromatic N) is 1. The van der Waals surface area contributed by atoms with Crippen molar-refractivity contribution in [1.82, 2.24) is 4.90 Å². The largest absolute Gasteiger partial charge is 0.378 e. The lowest BCUT2D eigenvalue weighted by molar-refractivity contribution is 0.261. The average Bonchev–Trinajstić information content (AvgIpc) is 2.02. The van der Waals surface area contributed by atoms with Crippen LogP contribution < -0.4 is 0 Å². The van der Waals surface area contributed by atoms with E-state index in [1.807, 2.05) is 0 Å². The molecule has 11 heavy (non-hydrogen) atoms. The van der Waals surface area contributed by atoms with Crippen LogP contribution in [0.3, 0.4) is 0 Å². The Bertz CT molecular complexity index is 118. The average molecular weight is 155 g/mol. The molecule has 0 aromatic carbocycles. The maximum atomic E-state index is 2.30. The van der Waals surface area contributed by atoms with Gasteiger partial charge in [0.1, 0.15) is 0 Å². The van der Waals surface area contributed by atoms with E-state index in [1.165, 1.54) is 6.42 Å². The van der Waals surface area contributed by atoms with Gasteiger partial charge in [-0.2, -0.15) is 0 Å². The van der Waals surface area contributed by atoms with Crippen LogP contribution in [0.15, 0.2) is 12.3 Å². The second-order valence-corrected chi connectivity index (χ2v) is 3.27. The number of allylic oxidation sites excluding steroid dienone is 1. The van der Waals surface area contributed by atoms with Crippen molar-refractivity contribution >= 4 is 0 Å². The van der Waals surface area contributed by atoms with Crippen LogP contribution in [0.5, 0.6) is 0 Å². The molecule has 0 rings (SSSR count). The molecule has 0 aliphatic rings. The van der Waals surface area contributed by atoms with Crippen molar-refractivity contribution in [1.29, 1.82) is 0 Å². The number of rotatable bonds is 4. The predicted molar refractivity (Wildman–Crippen MR) is 51.5 cm³/mol. The highest BCUT2D eigenvalue weighted by Gasteiger charge is 2.11. The SMILES string of the molecule is C/C=C\N(C)C(C)C(C)CC. The van der Waals surface area contributed by atoms with E-state index in [-0.39, 0.29) is 0 Å². The quantitative estimate of drug-likeness (QED) is 0.603. The number of hydrogen-bond donors (Lipinski definition) is 0. The molecule has 1 heteroatoms. The van der Waals surface area contributed by atoms with Crippen LogP contribution in [-0.2, 0) is 0 Å². The van der Waals surface area contributed by atoms with Crippen molar-refractivity contribution < 1.29 is 0 Å². The van der Waals surface area contributed by atoms with Crippen molar-refractivity contribution in [3.8, 4) is 0 Å². The molecule has 0 heterocycles. The summed E-state index contributed by atoms with van der Waals surface area (Å²) in [4.78, 5) is 2.27. The van der Waals surface area contributed by atoms with Crippen LogP contribution in [0.4, 0.5) is 0 Å². The van der Waals surface area contributed by atoms with Gasteiger partial charge in [0.05, 0.1) is 0 Å². The summed E-state index contributed by atoms with van der Waals surface area (Å²) in [6, 6.07) is 0.649. The third kappa shape index (κ3) is 3.45. The first-order valence-corrected chi connectivity index (χ1v) is 4.48.